The van der Waals surface area contributed by atoms with E-state index in [4.69, 9.17) is 5.73 Å². The molecule has 0 aliphatic carbocycles. The van der Waals surface area contributed by atoms with Gasteiger partial charge in [0.1, 0.15) is 0 Å². The average molecular weight is 242 g/mol. The van der Waals surface area contributed by atoms with Crippen LogP contribution in [0.3, 0.4) is 0 Å². The first kappa shape index (κ1) is 13.2. The Kier molecular flexibility index (Phi) is 4.46. The maximum atomic E-state index is 11.5. The molecule has 0 spiro atoms. The molecule has 0 amide bonds. The van der Waals surface area contributed by atoms with Gasteiger partial charge in [-0.1, -0.05) is 19.1 Å². The van der Waals surface area contributed by atoms with Gasteiger partial charge in [-0.2, -0.15) is 0 Å². The normalized spacial score (nSPS) is 13.7. The Balaban J connectivity index is 2.84. The van der Waals surface area contributed by atoms with Crippen molar-refractivity contribution in [3.63, 3.8) is 0 Å². The summed E-state index contributed by atoms with van der Waals surface area (Å²) in [5.74, 6) is 0. The summed E-state index contributed by atoms with van der Waals surface area (Å²) in [6, 6.07) is 6.94. The molecular formula is C11H18N2O2S. The van der Waals surface area contributed by atoms with Gasteiger partial charge < -0.3 is 5.73 Å². The summed E-state index contributed by atoms with van der Waals surface area (Å²) in [5.41, 5.74) is 6.88. The van der Waals surface area contributed by atoms with E-state index in [-0.39, 0.29) is 10.9 Å². The van der Waals surface area contributed by atoms with Crippen LogP contribution in [-0.2, 0) is 16.4 Å². The number of rotatable bonds is 5. The molecule has 90 valence electrons. The molecule has 4 nitrogen and oxygen atoms in total. The van der Waals surface area contributed by atoms with Gasteiger partial charge in [0.2, 0.25) is 10.0 Å². The maximum Gasteiger partial charge on any atom is 0.240 e. The lowest BCUT2D eigenvalue weighted by atomic mass is 10.1. The first-order valence-electron chi connectivity index (χ1n) is 5.27. The highest BCUT2D eigenvalue weighted by atomic mass is 32.2. The summed E-state index contributed by atoms with van der Waals surface area (Å²) in [6.07, 6.45) is 1.69. The fourth-order valence-corrected chi connectivity index (χ4v) is 2.10. The van der Waals surface area contributed by atoms with E-state index in [9.17, 15) is 8.42 Å². The molecule has 1 aromatic rings. The third-order valence-electron chi connectivity index (χ3n) is 2.52. The van der Waals surface area contributed by atoms with Gasteiger partial charge in [-0.25, -0.2) is 13.1 Å². The van der Waals surface area contributed by atoms with E-state index in [1.165, 1.54) is 7.05 Å². The zero-order valence-corrected chi connectivity index (χ0v) is 10.4. The number of hydrogen-bond acceptors (Lipinski definition) is 3. The average Bonchev–Trinajstić information content (AvgIpc) is 2.29. The van der Waals surface area contributed by atoms with E-state index in [1.807, 2.05) is 6.92 Å². The van der Waals surface area contributed by atoms with Gasteiger partial charge in [-0.15, -0.1) is 0 Å². The van der Waals surface area contributed by atoms with Gasteiger partial charge in [0.25, 0.3) is 0 Å². The van der Waals surface area contributed by atoms with Crippen molar-refractivity contribution >= 4 is 10.0 Å². The van der Waals surface area contributed by atoms with E-state index in [2.05, 4.69) is 4.72 Å². The van der Waals surface area contributed by atoms with Crippen molar-refractivity contribution in [3.05, 3.63) is 29.8 Å². The number of hydrogen-bond donors (Lipinski definition) is 2. The van der Waals surface area contributed by atoms with Crippen LogP contribution in [0.4, 0.5) is 0 Å². The SMILES string of the molecule is CCC(N)Cc1ccc(S(=O)(=O)NC)cc1. The topological polar surface area (TPSA) is 72.2 Å². The standard InChI is InChI=1S/C11H18N2O2S/c1-3-10(12)8-9-4-6-11(7-5-9)16(14,15)13-2/h4-7,10,13H,3,8,12H2,1-2H3. The lowest BCUT2D eigenvalue weighted by Gasteiger charge is -2.09. The number of sulfonamides is 1. The fraction of sp³-hybridized carbons (Fsp3) is 0.455. The third kappa shape index (κ3) is 3.30. The fourth-order valence-electron chi connectivity index (χ4n) is 1.37. The molecular weight excluding hydrogens is 224 g/mol. The Bertz CT molecular complexity index is 426. The molecule has 5 heteroatoms. The molecule has 3 N–H and O–H groups in total. The minimum absolute atomic E-state index is 0.131. The maximum absolute atomic E-state index is 11.5. The quantitative estimate of drug-likeness (QED) is 0.805. The highest BCUT2D eigenvalue weighted by Gasteiger charge is 2.10. The highest BCUT2D eigenvalue weighted by Crippen LogP contribution is 2.11. The van der Waals surface area contributed by atoms with Gasteiger partial charge in [0, 0.05) is 6.04 Å². The first-order chi connectivity index (χ1) is 7.49. The second-order valence-corrected chi connectivity index (χ2v) is 5.61. The minimum Gasteiger partial charge on any atom is -0.327 e. The van der Waals surface area contributed by atoms with Crippen LogP contribution >= 0.6 is 0 Å². The lowest BCUT2D eigenvalue weighted by Crippen LogP contribution is -2.21. The zero-order chi connectivity index (χ0) is 12.2. The van der Waals surface area contributed by atoms with Gasteiger partial charge in [0.05, 0.1) is 4.90 Å². The Morgan fingerprint density at radius 1 is 1.31 bits per heavy atom. The predicted octanol–water partition coefficient (Wildman–Crippen LogP) is 0.874. The molecule has 0 saturated carbocycles. The summed E-state index contributed by atoms with van der Waals surface area (Å²) in [4.78, 5) is 0.281. The summed E-state index contributed by atoms with van der Waals surface area (Å²) in [6.45, 7) is 2.03. The molecule has 16 heavy (non-hydrogen) atoms. The number of benzene rings is 1. The van der Waals surface area contributed by atoms with E-state index in [1.54, 1.807) is 24.3 Å². The van der Waals surface area contributed by atoms with Crippen LogP contribution in [0.1, 0.15) is 18.9 Å². The summed E-state index contributed by atoms with van der Waals surface area (Å²) in [5, 5.41) is 0. The van der Waals surface area contributed by atoms with Crippen molar-refractivity contribution in [1.82, 2.24) is 4.72 Å². The Hall–Kier alpha value is -0.910. The molecule has 0 bridgehead atoms. The van der Waals surface area contributed by atoms with Crippen LogP contribution in [0.25, 0.3) is 0 Å². The van der Waals surface area contributed by atoms with Crippen molar-refractivity contribution in [3.8, 4) is 0 Å². The van der Waals surface area contributed by atoms with Gasteiger partial charge in [-0.05, 0) is 37.6 Å². The van der Waals surface area contributed by atoms with Crippen LogP contribution in [-0.4, -0.2) is 21.5 Å². The van der Waals surface area contributed by atoms with Crippen LogP contribution in [0.2, 0.25) is 0 Å². The van der Waals surface area contributed by atoms with Crippen LogP contribution < -0.4 is 10.5 Å². The van der Waals surface area contributed by atoms with E-state index < -0.39 is 10.0 Å². The summed E-state index contributed by atoms with van der Waals surface area (Å²) in [7, 11) is -1.93. The minimum atomic E-state index is -3.33. The molecule has 0 aliphatic heterocycles. The summed E-state index contributed by atoms with van der Waals surface area (Å²) >= 11 is 0. The molecule has 0 radical (unpaired) electrons. The Morgan fingerprint density at radius 2 is 1.88 bits per heavy atom. The molecule has 0 aliphatic rings. The second kappa shape index (κ2) is 5.43. The molecule has 1 aromatic carbocycles. The van der Waals surface area contributed by atoms with Crippen LogP contribution in [0, 0.1) is 0 Å². The number of nitrogens with two attached hydrogens (primary N) is 1. The Labute approximate surface area is 96.9 Å². The van der Waals surface area contributed by atoms with Crippen molar-refractivity contribution in [1.29, 1.82) is 0 Å². The molecule has 1 atom stereocenters. The largest absolute Gasteiger partial charge is 0.327 e. The molecule has 1 unspecified atom stereocenters. The van der Waals surface area contributed by atoms with Gasteiger partial charge in [-0.3, -0.25) is 0 Å². The third-order valence-corrected chi connectivity index (χ3v) is 3.95. The zero-order valence-electron chi connectivity index (χ0n) is 9.60. The van der Waals surface area contributed by atoms with E-state index >= 15 is 0 Å². The highest BCUT2D eigenvalue weighted by molar-refractivity contribution is 7.89. The molecule has 0 saturated heterocycles. The summed E-state index contributed by atoms with van der Waals surface area (Å²) < 4.78 is 25.2. The predicted molar refractivity (Wildman–Crippen MR) is 64.7 cm³/mol. The molecule has 0 fully saturated rings. The van der Waals surface area contributed by atoms with Crippen molar-refractivity contribution < 1.29 is 8.42 Å². The second-order valence-electron chi connectivity index (χ2n) is 3.72. The van der Waals surface area contributed by atoms with E-state index in [0.717, 1.165) is 18.4 Å². The number of nitrogens with one attached hydrogen (secondary N) is 1. The van der Waals surface area contributed by atoms with Crippen molar-refractivity contribution in [2.75, 3.05) is 7.05 Å². The van der Waals surface area contributed by atoms with Crippen LogP contribution in [0.5, 0.6) is 0 Å². The molecule has 1 rings (SSSR count). The van der Waals surface area contributed by atoms with Crippen molar-refractivity contribution in [2.24, 2.45) is 5.73 Å². The smallest absolute Gasteiger partial charge is 0.240 e. The van der Waals surface area contributed by atoms with Gasteiger partial charge >= 0.3 is 0 Å². The van der Waals surface area contributed by atoms with Crippen LogP contribution in [0.15, 0.2) is 29.2 Å². The van der Waals surface area contributed by atoms with Gasteiger partial charge in [0.15, 0.2) is 0 Å². The lowest BCUT2D eigenvalue weighted by molar-refractivity contribution is 0.588. The molecule has 0 heterocycles. The Morgan fingerprint density at radius 3 is 2.31 bits per heavy atom. The molecule has 0 aromatic heterocycles. The van der Waals surface area contributed by atoms with Crippen molar-refractivity contribution in [2.45, 2.75) is 30.7 Å². The monoisotopic (exact) mass is 242 g/mol. The van der Waals surface area contributed by atoms with E-state index in [0.29, 0.717) is 0 Å². The first-order valence-corrected chi connectivity index (χ1v) is 6.76.